The number of hydrogen-bond acceptors (Lipinski definition) is 12. The average Bonchev–Trinajstić information content (AvgIpc) is 3.62. The number of fused-ring (bicyclic) bond motifs is 1. The zero-order valence-corrected chi connectivity index (χ0v) is 27.3. The lowest BCUT2D eigenvalue weighted by Gasteiger charge is -2.18. The normalized spacial score (nSPS) is 28.5. The largest absolute Gasteiger partial charge is 0.396 e. The highest BCUT2D eigenvalue weighted by molar-refractivity contribution is 6.34. The minimum atomic E-state index is -0.929. The van der Waals surface area contributed by atoms with Crippen LogP contribution in [-0.2, 0) is 11.2 Å². The van der Waals surface area contributed by atoms with E-state index in [1.807, 2.05) is 13.8 Å². The number of aromatic nitrogens is 5. The number of ether oxygens (including phenoxy) is 1. The van der Waals surface area contributed by atoms with E-state index >= 15 is 0 Å². The van der Waals surface area contributed by atoms with Crippen LogP contribution in [0.1, 0.15) is 38.3 Å². The molecule has 2 aliphatic rings. The van der Waals surface area contributed by atoms with Crippen molar-refractivity contribution in [3.8, 4) is 0 Å². The van der Waals surface area contributed by atoms with Gasteiger partial charge in [0.1, 0.15) is 39.9 Å². The third-order valence-corrected chi connectivity index (χ3v) is 8.64. The summed E-state index contributed by atoms with van der Waals surface area (Å²) >= 11 is 17.7. The Kier molecular flexibility index (Phi) is 15.9. The summed E-state index contributed by atoms with van der Waals surface area (Å²) < 4.78 is 7.17. The van der Waals surface area contributed by atoms with Gasteiger partial charge in [-0.1, -0.05) is 34.8 Å². The van der Waals surface area contributed by atoms with Crippen molar-refractivity contribution in [1.82, 2.24) is 24.5 Å². The van der Waals surface area contributed by atoms with Gasteiger partial charge in [0.15, 0.2) is 0 Å². The molecule has 0 saturated heterocycles. The predicted octanol–water partition coefficient (Wildman–Crippen LogP) is 1.58. The lowest BCUT2D eigenvalue weighted by Crippen LogP contribution is -2.35. The van der Waals surface area contributed by atoms with Crippen LogP contribution in [0.2, 0.25) is 15.5 Å². The molecule has 3 aromatic rings. The summed E-state index contributed by atoms with van der Waals surface area (Å²) in [5, 5.41) is 57.9. The Morgan fingerprint density at radius 2 is 1.43 bits per heavy atom. The lowest BCUT2D eigenvalue weighted by atomic mass is 10.1. The van der Waals surface area contributed by atoms with Crippen LogP contribution in [0.25, 0.3) is 11.0 Å². The Bertz CT molecular complexity index is 1290. The average molecular weight is 702 g/mol. The Morgan fingerprint density at radius 1 is 0.886 bits per heavy atom. The van der Waals surface area contributed by atoms with Crippen LogP contribution in [0.3, 0.4) is 0 Å². The Labute approximate surface area is 276 Å². The smallest absolute Gasteiger partial charge is 0.145 e. The van der Waals surface area contributed by atoms with Crippen LogP contribution < -0.4 is 5.73 Å². The minimum absolute atomic E-state index is 0. The van der Waals surface area contributed by atoms with E-state index < -0.39 is 24.4 Å². The first-order valence-corrected chi connectivity index (χ1v) is 15.0. The van der Waals surface area contributed by atoms with E-state index in [-0.39, 0.29) is 55.6 Å². The molecule has 2 saturated carbocycles. The molecule has 17 heteroatoms. The van der Waals surface area contributed by atoms with E-state index in [0.29, 0.717) is 52.4 Å². The summed E-state index contributed by atoms with van der Waals surface area (Å²) in [6, 6.07) is 1.08. The molecule has 9 atom stereocenters. The number of hydrogen-bond donors (Lipinski definition) is 7. The zero-order valence-electron chi connectivity index (χ0n) is 24.2. The molecule has 44 heavy (non-hydrogen) atoms. The van der Waals surface area contributed by atoms with Gasteiger partial charge in [0.2, 0.25) is 0 Å². The molecule has 3 aromatic heterocycles. The molecule has 0 spiro atoms. The Balaban J connectivity index is 0.000000240. The fourth-order valence-electron chi connectivity index (χ4n) is 5.28. The van der Waals surface area contributed by atoms with Crippen molar-refractivity contribution in [2.45, 2.75) is 75.7 Å². The molecule has 2 aliphatic carbocycles. The number of aliphatic hydroxyl groups is 6. The number of halogens is 4. The first-order chi connectivity index (χ1) is 20.4. The molecule has 0 radical (unpaired) electrons. The third kappa shape index (κ3) is 9.30. The Hall–Kier alpha value is -1.46. The maximum Gasteiger partial charge on any atom is 0.145 e. The number of rotatable bonds is 7. The first kappa shape index (κ1) is 38.7. The minimum Gasteiger partial charge on any atom is -0.396 e. The van der Waals surface area contributed by atoms with Gasteiger partial charge in [0.05, 0.1) is 35.8 Å². The van der Waals surface area contributed by atoms with Gasteiger partial charge in [-0.25, -0.2) is 19.9 Å². The molecule has 0 aromatic carbocycles. The van der Waals surface area contributed by atoms with Crippen LogP contribution in [-0.4, -0.2) is 112 Å². The van der Waals surface area contributed by atoms with Crippen molar-refractivity contribution in [2.75, 3.05) is 19.8 Å². The molecule has 8 N–H and O–H groups in total. The molecular weight excluding hydrogens is 662 g/mol. The fourth-order valence-corrected chi connectivity index (χ4v) is 5.94. The van der Waals surface area contributed by atoms with Crippen molar-refractivity contribution >= 4 is 58.2 Å². The molecular formula is C27H40Cl4N6O7. The zero-order chi connectivity index (χ0) is 31.8. The second-order valence-corrected chi connectivity index (χ2v) is 11.7. The van der Waals surface area contributed by atoms with E-state index in [0.717, 1.165) is 5.56 Å². The van der Waals surface area contributed by atoms with Crippen LogP contribution in [0.4, 0.5) is 0 Å². The van der Waals surface area contributed by atoms with Crippen LogP contribution in [0, 0.1) is 11.8 Å². The highest BCUT2D eigenvalue weighted by Crippen LogP contribution is 2.37. The van der Waals surface area contributed by atoms with Gasteiger partial charge >= 0.3 is 0 Å². The van der Waals surface area contributed by atoms with E-state index in [1.165, 1.54) is 12.7 Å². The highest BCUT2D eigenvalue weighted by atomic mass is 35.5. The molecule has 5 rings (SSSR count). The van der Waals surface area contributed by atoms with E-state index in [1.54, 1.807) is 16.8 Å². The quantitative estimate of drug-likeness (QED) is 0.175. The van der Waals surface area contributed by atoms with Crippen molar-refractivity contribution in [3.05, 3.63) is 45.9 Å². The van der Waals surface area contributed by atoms with Gasteiger partial charge < -0.3 is 45.7 Å². The molecule has 248 valence electrons. The number of nitrogens with zero attached hydrogens (tertiary/aromatic N) is 5. The van der Waals surface area contributed by atoms with Gasteiger partial charge in [-0.3, -0.25) is 0 Å². The summed E-state index contributed by atoms with van der Waals surface area (Å²) in [6.45, 7) is 4.32. The van der Waals surface area contributed by atoms with Crippen molar-refractivity contribution < 1.29 is 35.4 Å². The lowest BCUT2D eigenvalue weighted by molar-refractivity contribution is -0.00365. The second kappa shape index (κ2) is 18.0. The summed E-state index contributed by atoms with van der Waals surface area (Å²) in [5.74, 6) is -0.570. The molecule has 1 unspecified atom stereocenters. The highest BCUT2D eigenvalue weighted by Gasteiger charge is 2.42. The van der Waals surface area contributed by atoms with Crippen molar-refractivity contribution in [1.29, 1.82) is 0 Å². The second-order valence-electron chi connectivity index (χ2n) is 10.6. The number of aliphatic hydroxyl groups excluding tert-OH is 6. The van der Waals surface area contributed by atoms with Crippen molar-refractivity contribution in [3.63, 3.8) is 0 Å². The first-order valence-electron chi connectivity index (χ1n) is 13.9. The molecule has 3 heterocycles. The summed E-state index contributed by atoms with van der Waals surface area (Å²) in [5.41, 5.74) is 6.78. The molecule has 0 amide bonds. The summed E-state index contributed by atoms with van der Waals surface area (Å²) in [7, 11) is 0. The number of nitrogens with two attached hydrogens (primary N) is 1. The van der Waals surface area contributed by atoms with Gasteiger partial charge in [-0.15, -0.1) is 12.4 Å². The van der Waals surface area contributed by atoms with Gasteiger partial charge in [0, 0.05) is 55.9 Å². The Morgan fingerprint density at radius 3 is 1.93 bits per heavy atom. The van der Waals surface area contributed by atoms with Gasteiger partial charge in [-0.05, 0) is 32.8 Å². The molecule has 13 nitrogen and oxygen atoms in total. The SMILES string of the molecule is CCOC(C)Cc1c(Cl)ncnc1Cl.Cl.N[C@@H]1C[C@H](CO)[C@@H](O)[C@H]1O.OC[C@H]1C[C@@H](n2ccc3c(Cl)ncnc32)[C@H](O)[C@@H]1O. The van der Waals surface area contributed by atoms with Crippen LogP contribution in [0.15, 0.2) is 24.9 Å². The van der Waals surface area contributed by atoms with Crippen LogP contribution in [0.5, 0.6) is 0 Å². The summed E-state index contributed by atoms with van der Waals surface area (Å²) in [4.78, 5) is 15.8. The standard InChI is InChI=1S/C12H14ClN3O3.C9H12Cl2N2O.C6H13NO3.ClH/c13-11-7-1-2-16(12(7)15-5-14-11)8-3-6(4-17)9(18)10(8)19;1-3-14-6(2)4-7-8(10)12-5-13-9(7)11;7-4-1-3(2-8)5(9)6(4)10;/h1-2,5-6,8-10,17-19H,3-4H2;5-6H,3-4H2,1-2H3;3-6,8-10H,1-2,7H2;1H/t6-,8-,9-,10+;;3-,4-,5-,6+;/m1.1./s1. The van der Waals surface area contributed by atoms with Crippen LogP contribution >= 0.6 is 47.2 Å². The van der Waals surface area contributed by atoms with E-state index in [4.69, 9.17) is 60.6 Å². The topological polar surface area (TPSA) is 213 Å². The maximum atomic E-state index is 10.1. The predicted molar refractivity (Wildman–Crippen MR) is 168 cm³/mol. The third-order valence-electron chi connectivity index (χ3n) is 7.69. The van der Waals surface area contributed by atoms with Crippen molar-refractivity contribution in [2.24, 2.45) is 17.6 Å². The maximum absolute atomic E-state index is 10.1. The monoisotopic (exact) mass is 700 g/mol. The van der Waals surface area contributed by atoms with Gasteiger partial charge in [0.25, 0.3) is 0 Å². The van der Waals surface area contributed by atoms with E-state index in [9.17, 15) is 15.3 Å². The molecule has 0 aliphatic heterocycles. The van der Waals surface area contributed by atoms with E-state index in [2.05, 4.69) is 19.9 Å². The van der Waals surface area contributed by atoms with Gasteiger partial charge in [-0.2, -0.15) is 0 Å². The molecule has 0 bridgehead atoms. The fraction of sp³-hybridized carbons (Fsp3) is 0.630. The molecule has 2 fully saturated rings. The summed E-state index contributed by atoms with van der Waals surface area (Å²) in [6.07, 6.45) is 2.60.